The van der Waals surface area contributed by atoms with Gasteiger partial charge >= 0.3 is 5.97 Å². The van der Waals surface area contributed by atoms with Crippen molar-refractivity contribution in [2.75, 3.05) is 0 Å². The summed E-state index contributed by atoms with van der Waals surface area (Å²) < 4.78 is 10.1. The van der Waals surface area contributed by atoms with Crippen molar-refractivity contribution in [2.45, 2.75) is 32.7 Å². The van der Waals surface area contributed by atoms with Gasteiger partial charge in [-0.1, -0.05) is 0 Å². The van der Waals surface area contributed by atoms with Crippen LogP contribution in [0.15, 0.2) is 34.2 Å². The first kappa shape index (κ1) is 13.3. The van der Waals surface area contributed by atoms with Crippen LogP contribution in [0.3, 0.4) is 0 Å². The molecule has 0 fully saturated rings. The van der Waals surface area contributed by atoms with E-state index in [0.29, 0.717) is 5.57 Å². The molecule has 2 aliphatic rings. The Morgan fingerprint density at radius 3 is 2.42 bits per heavy atom. The second-order valence-electron chi connectivity index (χ2n) is 4.56. The van der Waals surface area contributed by atoms with E-state index in [1.54, 1.807) is 0 Å². The van der Waals surface area contributed by atoms with E-state index < -0.39 is 35.1 Å². The fourth-order valence-corrected chi connectivity index (χ4v) is 1.97. The molecule has 2 unspecified atom stereocenters. The van der Waals surface area contributed by atoms with Gasteiger partial charge in [0.2, 0.25) is 0 Å². The third-order valence-electron chi connectivity index (χ3n) is 3.07. The Labute approximate surface area is 108 Å². The number of esters is 1. The number of ether oxygens (including phenoxy) is 2. The van der Waals surface area contributed by atoms with E-state index in [4.69, 9.17) is 9.47 Å². The van der Waals surface area contributed by atoms with Gasteiger partial charge in [0.05, 0.1) is 5.57 Å². The summed E-state index contributed by atoms with van der Waals surface area (Å²) in [6.07, 6.45) is -1.12. The SMILES string of the molecule is CC(=O)OC1OC2=C(O)C(C)(O)C(O)=C(O)C2=C1C. The molecule has 0 bridgehead atoms. The van der Waals surface area contributed by atoms with Crippen LogP contribution in [0.5, 0.6) is 0 Å². The van der Waals surface area contributed by atoms with E-state index in [-0.39, 0.29) is 11.3 Å². The minimum Gasteiger partial charge on any atom is -0.506 e. The molecule has 0 amide bonds. The molecule has 0 saturated carbocycles. The lowest BCUT2D eigenvalue weighted by Gasteiger charge is -2.28. The molecular weight excluding hydrogens is 256 g/mol. The summed E-state index contributed by atoms with van der Waals surface area (Å²) in [6, 6.07) is 0. The Morgan fingerprint density at radius 1 is 1.32 bits per heavy atom. The summed E-state index contributed by atoms with van der Waals surface area (Å²) >= 11 is 0. The summed E-state index contributed by atoms with van der Waals surface area (Å²) in [4.78, 5) is 10.9. The third-order valence-corrected chi connectivity index (χ3v) is 3.07. The van der Waals surface area contributed by atoms with Gasteiger partial charge in [-0.2, -0.15) is 0 Å². The van der Waals surface area contributed by atoms with Gasteiger partial charge < -0.3 is 29.9 Å². The van der Waals surface area contributed by atoms with Crippen LogP contribution >= 0.6 is 0 Å². The van der Waals surface area contributed by atoms with Crippen molar-refractivity contribution >= 4 is 5.97 Å². The fraction of sp³-hybridized carbons (Fsp3) is 0.417. The lowest BCUT2D eigenvalue weighted by atomic mass is 9.89. The number of aliphatic hydroxyl groups excluding tert-OH is 3. The summed E-state index contributed by atoms with van der Waals surface area (Å²) in [5.74, 6) is -2.90. The smallest absolute Gasteiger partial charge is 0.305 e. The van der Waals surface area contributed by atoms with Crippen molar-refractivity contribution < 1.29 is 34.7 Å². The van der Waals surface area contributed by atoms with E-state index in [1.807, 2.05) is 0 Å². The normalized spacial score (nSPS) is 30.4. The maximum absolute atomic E-state index is 10.9. The molecule has 2 rings (SSSR count). The zero-order valence-electron chi connectivity index (χ0n) is 10.6. The molecule has 0 spiro atoms. The lowest BCUT2D eigenvalue weighted by molar-refractivity contribution is -0.160. The van der Waals surface area contributed by atoms with Crippen LogP contribution in [0, 0.1) is 0 Å². The minimum absolute atomic E-state index is 0.00720. The van der Waals surface area contributed by atoms with Gasteiger partial charge in [0.1, 0.15) is 0 Å². The van der Waals surface area contributed by atoms with Crippen molar-refractivity contribution in [3.63, 3.8) is 0 Å². The van der Waals surface area contributed by atoms with Gasteiger partial charge in [-0.25, -0.2) is 0 Å². The van der Waals surface area contributed by atoms with E-state index in [2.05, 4.69) is 0 Å². The second kappa shape index (κ2) is 3.92. The zero-order chi connectivity index (χ0) is 14.5. The van der Waals surface area contributed by atoms with Gasteiger partial charge in [0.15, 0.2) is 28.6 Å². The van der Waals surface area contributed by atoms with Crippen LogP contribution in [0.25, 0.3) is 0 Å². The van der Waals surface area contributed by atoms with Crippen molar-refractivity contribution in [1.82, 2.24) is 0 Å². The second-order valence-corrected chi connectivity index (χ2v) is 4.56. The molecule has 0 aromatic heterocycles. The predicted molar refractivity (Wildman–Crippen MR) is 61.9 cm³/mol. The Hall–Kier alpha value is -2.15. The average molecular weight is 270 g/mol. The van der Waals surface area contributed by atoms with Gasteiger partial charge in [0.25, 0.3) is 6.29 Å². The topological polar surface area (TPSA) is 116 Å². The van der Waals surface area contributed by atoms with Crippen LogP contribution in [0.2, 0.25) is 0 Å². The number of hydrogen-bond acceptors (Lipinski definition) is 7. The number of carbonyl (C=O) groups is 1. The number of aliphatic hydroxyl groups is 4. The van der Waals surface area contributed by atoms with Gasteiger partial charge in [-0.15, -0.1) is 0 Å². The van der Waals surface area contributed by atoms with E-state index >= 15 is 0 Å². The molecule has 0 aromatic carbocycles. The van der Waals surface area contributed by atoms with Crippen LogP contribution in [-0.4, -0.2) is 38.3 Å². The largest absolute Gasteiger partial charge is 0.506 e. The summed E-state index contributed by atoms with van der Waals surface area (Å²) in [6.45, 7) is 3.78. The van der Waals surface area contributed by atoms with Crippen LogP contribution in [0.1, 0.15) is 20.8 Å². The maximum Gasteiger partial charge on any atom is 0.305 e. The molecule has 2 atom stereocenters. The molecule has 0 radical (unpaired) electrons. The molecule has 7 nitrogen and oxygen atoms in total. The van der Waals surface area contributed by atoms with Gasteiger partial charge in [0, 0.05) is 12.5 Å². The van der Waals surface area contributed by atoms with Gasteiger partial charge in [-0.3, -0.25) is 4.79 Å². The first-order valence-electron chi connectivity index (χ1n) is 5.52. The minimum atomic E-state index is -2.16. The van der Waals surface area contributed by atoms with E-state index in [9.17, 15) is 25.2 Å². The molecule has 19 heavy (non-hydrogen) atoms. The van der Waals surface area contributed by atoms with Crippen molar-refractivity contribution in [3.8, 4) is 0 Å². The average Bonchev–Trinajstić information content (AvgIpc) is 2.62. The van der Waals surface area contributed by atoms with Crippen LogP contribution in [-0.2, 0) is 14.3 Å². The molecular formula is C12H14O7. The lowest BCUT2D eigenvalue weighted by Crippen LogP contribution is -2.35. The molecule has 1 aliphatic carbocycles. The van der Waals surface area contributed by atoms with Crippen molar-refractivity contribution in [1.29, 1.82) is 0 Å². The van der Waals surface area contributed by atoms with E-state index in [0.717, 1.165) is 6.92 Å². The highest BCUT2D eigenvalue weighted by Gasteiger charge is 2.48. The highest BCUT2D eigenvalue weighted by atomic mass is 16.7. The zero-order valence-corrected chi connectivity index (χ0v) is 10.6. The first-order valence-corrected chi connectivity index (χ1v) is 5.52. The van der Waals surface area contributed by atoms with Crippen molar-refractivity contribution in [2.24, 2.45) is 0 Å². The third kappa shape index (κ3) is 1.74. The molecule has 1 aliphatic heterocycles. The van der Waals surface area contributed by atoms with Crippen molar-refractivity contribution in [3.05, 3.63) is 34.2 Å². The standard InChI is InChI=1S/C12H14O7/c1-4-6-7(14)9(15)12(3,17)10(16)8(6)19-11(4)18-5(2)13/h11,14-17H,1-3H3. The Kier molecular flexibility index (Phi) is 2.74. The number of hydrogen-bond donors (Lipinski definition) is 4. The Morgan fingerprint density at radius 2 is 1.89 bits per heavy atom. The number of fused-ring (bicyclic) bond motifs is 1. The molecule has 4 N–H and O–H groups in total. The van der Waals surface area contributed by atoms with Crippen LogP contribution in [0.4, 0.5) is 0 Å². The fourth-order valence-electron chi connectivity index (χ4n) is 1.97. The Bertz CT molecular complexity index is 550. The van der Waals surface area contributed by atoms with Gasteiger partial charge in [-0.05, 0) is 13.8 Å². The summed E-state index contributed by atoms with van der Waals surface area (Å²) in [5, 5.41) is 39.4. The number of carbonyl (C=O) groups excluding carboxylic acids is 1. The first-order chi connectivity index (χ1) is 8.67. The maximum atomic E-state index is 10.9. The highest BCUT2D eigenvalue weighted by molar-refractivity contribution is 5.67. The highest BCUT2D eigenvalue weighted by Crippen LogP contribution is 2.44. The molecule has 104 valence electrons. The number of rotatable bonds is 1. The summed E-state index contributed by atoms with van der Waals surface area (Å²) in [7, 11) is 0. The molecule has 1 heterocycles. The Balaban J connectivity index is 2.56. The summed E-state index contributed by atoms with van der Waals surface area (Å²) in [5.41, 5.74) is -1.85. The quantitative estimate of drug-likeness (QED) is 0.527. The molecule has 0 saturated heterocycles. The molecule has 0 aromatic rings. The predicted octanol–water partition coefficient (Wildman–Crippen LogP) is 1.08. The monoisotopic (exact) mass is 270 g/mol. The van der Waals surface area contributed by atoms with E-state index in [1.165, 1.54) is 13.8 Å². The van der Waals surface area contributed by atoms with Crippen LogP contribution < -0.4 is 0 Å². The molecule has 7 heteroatoms.